The molecule has 3 N–H and O–H groups in total. The predicted molar refractivity (Wildman–Crippen MR) is 91.9 cm³/mol. The SMILES string of the molecule is COC(CN)CC(=O)NC(Cc1ccccc1)c1ccccc1F. The summed E-state index contributed by atoms with van der Waals surface area (Å²) in [6.45, 7) is 0.257. The van der Waals surface area contributed by atoms with Gasteiger partial charge in [0.25, 0.3) is 0 Å². The first-order valence-electron chi connectivity index (χ1n) is 7.94. The van der Waals surface area contributed by atoms with Crippen LogP contribution < -0.4 is 11.1 Å². The zero-order chi connectivity index (χ0) is 17.4. The van der Waals surface area contributed by atoms with Gasteiger partial charge in [-0.1, -0.05) is 48.5 Å². The molecule has 0 bridgehead atoms. The molecule has 0 saturated heterocycles. The molecule has 24 heavy (non-hydrogen) atoms. The van der Waals surface area contributed by atoms with Crippen LogP contribution in [-0.4, -0.2) is 25.7 Å². The molecule has 0 aliphatic rings. The number of methoxy groups -OCH3 is 1. The number of hydrogen-bond acceptors (Lipinski definition) is 3. The Morgan fingerprint density at radius 1 is 1.17 bits per heavy atom. The zero-order valence-electron chi connectivity index (χ0n) is 13.7. The van der Waals surface area contributed by atoms with Crippen molar-refractivity contribution >= 4 is 5.91 Å². The molecule has 0 aliphatic heterocycles. The minimum atomic E-state index is -0.448. The van der Waals surface area contributed by atoms with E-state index in [2.05, 4.69) is 5.32 Å². The molecule has 2 unspecified atom stereocenters. The van der Waals surface area contributed by atoms with Crippen molar-refractivity contribution in [3.63, 3.8) is 0 Å². The van der Waals surface area contributed by atoms with Crippen molar-refractivity contribution in [2.24, 2.45) is 5.73 Å². The summed E-state index contributed by atoms with van der Waals surface area (Å²) in [4.78, 5) is 12.3. The molecular weight excluding hydrogens is 307 g/mol. The van der Waals surface area contributed by atoms with Crippen LogP contribution in [0.2, 0.25) is 0 Å². The molecule has 0 heterocycles. The molecule has 0 aromatic heterocycles. The number of hydrogen-bond donors (Lipinski definition) is 2. The number of carbonyl (C=O) groups is 1. The number of amides is 1. The van der Waals surface area contributed by atoms with Gasteiger partial charge in [0.05, 0.1) is 18.6 Å². The molecule has 2 atom stereocenters. The fourth-order valence-corrected chi connectivity index (χ4v) is 2.57. The molecule has 0 fully saturated rings. The van der Waals surface area contributed by atoms with Gasteiger partial charge in [0.15, 0.2) is 0 Å². The number of carbonyl (C=O) groups excluding carboxylic acids is 1. The van der Waals surface area contributed by atoms with Gasteiger partial charge in [-0.05, 0) is 18.1 Å². The van der Waals surface area contributed by atoms with Crippen molar-refractivity contribution in [1.82, 2.24) is 5.32 Å². The minimum absolute atomic E-state index is 0.146. The van der Waals surface area contributed by atoms with Crippen molar-refractivity contribution in [3.8, 4) is 0 Å². The highest BCUT2D eigenvalue weighted by Gasteiger charge is 2.20. The van der Waals surface area contributed by atoms with Gasteiger partial charge in [-0.3, -0.25) is 4.79 Å². The lowest BCUT2D eigenvalue weighted by Gasteiger charge is -2.21. The summed E-state index contributed by atoms with van der Waals surface area (Å²) in [5.41, 5.74) is 7.05. The molecule has 5 heteroatoms. The number of ether oxygens (including phenoxy) is 1. The van der Waals surface area contributed by atoms with Crippen LogP contribution in [0.3, 0.4) is 0 Å². The Hall–Kier alpha value is -2.24. The molecule has 2 rings (SSSR count). The van der Waals surface area contributed by atoms with E-state index in [9.17, 15) is 9.18 Å². The van der Waals surface area contributed by atoms with E-state index in [1.165, 1.54) is 13.2 Å². The van der Waals surface area contributed by atoms with Crippen molar-refractivity contribution in [2.75, 3.05) is 13.7 Å². The second-order valence-electron chi connectivity index (χ2n) is 5.63. The molecule has 1 amide bonds. The Kier molecular flexibility index (Phi) is 6.90. The fraction of sp³-hybridized carbons (Fsp3) is 0.316. The normalized spacial score (nSPS) is 13.3. The van der Waals surface area contributed by atoms with Crippen LogP contribution in [-0.2, 0) is 16.0 Å². The third kappa shape index (κ3) is 5.15. The van der Waals surface area contributed by atoms with Crippen LogP contribution >= 0.6 is 0 Å². The van der Waals surface area contributed by atoms with E-state index in [0.29, 0.717) is 12.0 Å². The van der Waals surface area contributed by atoms with Crippen molar-refractivity contribution in [1.29, 1.82) is 0 Å². The largest absolute Gasteiger partial charge is 0.380 e. The van der Waals surface area contributed by atoms with Crippen LogP contribution in [0.15, 0.2) is 54.6 Å². The maximum absolute atomic E-state index is 14.2. The first kappa shape index (κ1) is 18.1. The quantitative estimate of drug-likeness (QED) is 0.782. The lowest BCUT2D eigenvalue weighted by molar-refractivity contribution is -0.124. The molecule has 0 spiro atoms. The Morgan fingerprint density at radius 2 is 1.83 bits per heavy atom. The van der Waals surface area contributed by atoms with Gasteiger partial charge in [-0.15, -0.1) is 0 Å². The average Bonchev–Trinajstić information content (AvgIpc) is 2.60. The summed E-state index contributed by atoms with van der Waals surface area (Å²) in [5, 5.41) is 2.91. The highest BCUT2D eigenvalue weighted by atomic mass is 19.1. The van der Waals surface area contributed by atoms with Crippen molar-refractivity contribution in [2.45, 2.75) is 25.0 Å². The van der Waals surface area contributed by atoms with Crippen LogP contribution in [0, 0.1) is 5.82 Å². The molecule has 128 valence electrons. The molecule has 0 aliphatic carbocycles. The molecule has 2 aromatic carbocycles. The Labute approximate surface area is 141 Å². The maximum atomic E-state index is 14.2. The summed E-state index contributed by atoms with van der Waals surface area (Å²) < 4.78 is 19.3. The third-order valence-electron chi connectivity index (χ3n) is 3.91. The standard InChI is InChI=1S/C19H23FN2O2/c1-24-15(13-21)12-19(23)22-18(11-14-7-3-2-4-8-14)16-9-5-6-10-17(16)20/h2-10,15,18H,11-13,21H2,1H3,(H,22,23). The zero-order valence-corrected chi connectivity index (χ0v) is 13.7. The monoisotopic (exact) mass is 330 g/mol. The first-order valence-corrected chi connectivity index (χ1v) is 7.94. The van der Waals surface area contributed by atoms with Gasteiger partial charge in [0, 0.05) is 19.2 Å². The van der Waals surface area contributed by atoms with Crippen molar-refractivity contribution in [3.05, 3.63) is 71.5 Å². The van der Waals surface area contributed by atoms with E-state index in [1.54, 1.807) is 18.2 Å². The predicted octanol–water partition coefficient (Wildman–Crippen LogP) is 2.59. The van der Waals surface area contributed by atoms with Crippen molar-refractivity contribution < 1.29 is 13.9 Å². The lowest BCUT2D eigenvalue weighted by atomic mass is 9.98. The number of nitrogens with one attached hydrogen (secondary N) is 1. The number of nitrogens with two attached hydrogens (primary N) is 1. The van der Waals surface area contributed by atoms with E-state index < -0.39 is 6.04 Å². The van der Waals surface area contributed by atoms with E-state index in [-0.39, 0.29) is 30.8 Å². The fourth-order valence-electron chi connectivity index (χ4n) is 2.57. The second-order valence-corrected chi connectivity index (χ2v) is 5.63. The summed E-state index contributed by atoms with van der Waals surface area (Å²) in [5.74, 6) is -0.544. The number of halogens is 1. The second kappa shape index (κ2) is 9.15. The third-order valence-corrected chi connectivity index (χ3v) is 3.91. The Morgan fingerprint density at radius 3 is 2.46 bits per heavy atom. The summed E-state index contributed by atoms with van der Waals surface area (Å²) in [6, 6.07) is 15.7. The summed E-state index contributed by atoms with van der Waals surface area (Å²) in [6.07, 6.45) is 0.309. The van der Waals surface area contributed by atoms with Gasteiger partial charge in [0.2, 0.25) is 5.91 Å². The van der Waals surface area contributed by atoms with Gasteiger partial charge < -0.3 is 15.8 Å². The van der Waals surface area contributed by atoms with Crippen LogP contribution in [0.1, 0.15) is 23.6 Å². The van der Waals surface area contributed by atoms with Crippen LogP contribution in [0.4, 0.5) is 4.39 Å². The lowest BCUT2D eigenvalue weighted by Crippen LogP contribution is -2.35. The van der Waals surface area contributed by atoms with Gasteiger partial charge in [0.1, 0.15) is 5.82 Å². The summed E-state index contributed by atoms with van der Waals surface area (Å²) >= 11 is 0. The summed E-state index contributed by atoms with van der Waals surface area (Å²) in [7, 11) is 1.52. The van der Waals surface area contributed by atoms with Gasteiger partial charge >= 0.3 is 0 Å². The van der Waals surface area contributed by atoms with Gasteiger partial charge in [-0.25, -0.2) is 4.39 Å². The molecule has 2 aromatic rings. The smallest absolute Gasteiger partial charge is 0.223 e. The Balaban J connectivity index is 2.17. The van der Waals surface area contributed by atoms with Crippen LogP contribution in [0.5, 0.6) is 0 Å². The first-order chi connectivity index (χ1) is 11.6. The average molecular weight is 330 g/mol. The molecular formula is C19H23FN2O2. The van der Waals surface area contributed by atoms with E-state index >= 15 is 0 Å². The topological polar surface area (TPSA) is 64.3 Å². The minimum Gasteiger partial charge on any atom is -0.380 e. The maximum Gasteiger partial charge on any atom is 0.223 e. The number of rotatable bonds is 8. The van der Waals surface area contributed by atoms with E-state index in [4.69, 9.17) is 10.5 Å². The highest BCUT2D eigenvalue weighted by molar-refractivity contribution is 5.77. The number of benzene rings is 2. The highest BCUT2D eigenvalue weighted by Crippen LogP contribution is 2.21. The van der Waals surface area contributed by atoms with E-state index in [1.807, 2.05) is 30.3 Å². The molecule has 4 nitrogen and oxygen atoms in total. The van der Waals surface area contributed by atoms with Gasteiger partial charge in [-0.2, -0.15) is 0 Å². The molecule has 0 radical (unpaired) electrons. The molecule has 0 saturated carbocycles. The van der Waals surface area contributed by atoms with Crippen LogP contribution in [0.25, 0.3) is 0 Å². The Bertz CT molecular complexity index is 645. The van der Waals surface area contributed by atoms with E-state index in [0.717, 1.165) is 5.56 Å².